The Balaban J connectivity index is 1.29. The summed E-state index contributed by atoms with van der Waals surface area (Å²) in [5.41, 5.74) is 1.01. The Morgan fingerprint density at radius 2 is 1.90 bits per heavy atom. The molecule has 1 aromatic carbocycles. The Hall–Kier alpha value is -2.21. The van der Waals surface area contributed by atoms with Gasteiger partial charge >= 0.3 is 0 Å². The molecule has 3 heterocycles. The maximum atomic E-state index is 12.8. The molecule has 3 aromatic rings. The summed E-state index contributed by atoms with van der Waals surface area (Å²) >= 11 is 2.84. The van der Waals surface area contributed by atoms with E-state index >= 15 is 0 Å². The number of aromatic amines is 1. The number of benzene rings is 1. The first-order chi connectivity index (χ1) is 14.4. The zero-order chi connectivity index (χ0) is 21.1. The highest BCUT2D eigenvalue weighted by Gasteiger charge is 2.30. The van der Waals surface area contributed by atoms with Crippen molar-refractivity contribution in [3.8, 4) is 10.7 Å². The highest BCUT2D eigenvalue weighted by atomic mass is 32.2. The number of thiophene rings is 1. The van der Waals surface area contributed by atoms with Gasteiger partial charge in [0, 0.05) is 26.2 Å². The lowest BCUT2D eigenvalue weighted by Crippen LogP contribution is -2.50. The number of H-pyrrole nitrogens is 1. The van der Waals surface area contributed by atoms with Crippen LogP contribution in [0.25, 0.3) is 10.7 Å². The van der Waals surface area contributed by atoms with Gasteiger partial charge in [-0.2, -0.15) is 4.31 Å². The van der Waals surface area contributed by atoms with Crippen LogP contribution in [0.3, 0.4) is 0 Å². The Labute approximate surface area is 183 Å². The number of hydrogen-bond donors (Lipinski definition) is 1. The number of aromatic nitrogens is 3. The monoisotopic (exact) mass is 463 g/mol. The molecule has 0 aliphatic carbocycles. The van der Waals surface area contributed by atoms with Crippen LogP contribution in [0.15, 0.2) is 51.8 Å². The summed E-state index contributed by atoms with van der Waals surface area (Å²) in [6.45, 7) is 3.24. The molecule has 0 radical (unpaired) electrons. The standard InChI is InChI=1S/C19H21N5O3S3/c1-14-4-6-15(7-5-14)30(26,27)24-10-8-23(9-11-24)17(25)13-29-19-20-18(21-22-19)16-3-2-12-28-16/h2-7,12H,8-11,13H2,1H3,(H,20,21,22). The molecule has 1 amide bonds. The summed E-state index contributed by atoms with van der Waals surface area (Å²) in [4.78, 5) is 19.9. The summed E-state index contributed by atoms with van der Waals surface area (Å²) in [5.74, 6) is 0.858. The van der Waals surface area contributed by atoms with Crippen molar-refractivity contribution < 1.29 is 13.2 Å². The molecule has 11 heteroatoms. The quantitative estimate of drug-likeness (QED) is 0.564. The normalized spacial score (nSPS) is 15.4. The maximum Gasteiger partial charge on any atom is 0.243 e. The van der Waals surface area contributed by atoms with Gasteiger partial charge in [-0.3, -0.25) is 9.89 Å². The van der Waals surface area contributed by atoms with Crippen LogP contribution in [0.5, 0.6) is 0 Å². The van der Waals surface area contributed by atoms with Crippen molar-refractivity contribution in [2.75, 3.05) is 31.9 Å². The van der Waals surface area contributed by atoms with Gasteiger partial charge in [0.05, 0.1) is 15.5 Å². The van der Waals surface area contributed by atoms with Crippen LogP contribution in [0, 0.1) is 6.92 Å². The molecule has 1 N–H and O–H groups in total. The average Bonchev–Trinajstić information content (AvgIpc) is 3.44. The van der Waals surface area contributed by atoms with Gasteiger partial charge in [-0.15, -0.1) is 16.4 Å². The van der Waals surface area contributed by atoms with E-state index in [0.29, 0.717) is 24.1 Å². The van der Waals surface area contributed by atoms with E-state index in [2.05, 4.69) is 15.2 Å². The third-order valence-corrected chi connectivity index (χ3v) is 8.42. The molecule has 1 aliphatic rings. The van der Waals surface area contributed by atoms with E-state index in [1.807, 2.05) is 24.4 Å². The third kappa shape index (κ3) is 4.59. The van der Waals surface area contributed by atoms with E-state index < -0.39 is 10.0 Å². The molecule has 2 aromatic heterocycles. The fourth-order valence-corrected chi connectivity index (χ4v) is 5.88. The van der Waals surface area contributed by atoms with Crippen molar-refractivity contribution in [2.45, 2.75) is 17.0 Å². The first kappa shape index (κ1) is 21.0. The summed E-state index contributed by atoms with van der Waals surface area (Å²) in [6.07, 6.45) is 0. The van der Waals surface area contributed by atoms with E-state index in [0.717, 1.165) is 10.4 Å². The fourth-order valence-electron chi connectivity index (χ4n) is 3.09. The minimum absolute atomic E-state index is 0.0464. The van der Waals surface area contributed by atoms with Crippen LogP contribution in [-0.2, 0) is 14.8 Å². The van der Waals surface area contributed by atoms with Crippen molar-refractivity contribution in [3.05, 3.63) is 47.3 Å². The van der Waals surface area contributed by atoms with E-state index in [1.54, 1.807) is 40.5 Å². The lowest BCUT2D eigenvalue weighted by molar-refractivity contribution is -0.129. The van der Waals surface area contributed by atoms with Crippen molar-refractivity contribution in [1.29, 1.82) is 0 Å². The molecule has 0 bridgehead atoms. The number of aryl methyl sites for hydroxylation is 1. The number of thioether (sulfide) groups is 1. The molecule has 1 saturated heterocycles. The highest BCUT2D eigenvalue weighted by Crippen LogP contribution is 2.24. The van der Waals surface area contributed by atoms with Gasteiger partial charge in [0.2, 0.25) is 21.1 Å². The first-order valence-electron chi connectivity index (χ1n) is 9.37. The van der Waals surface area contributed by atoms with E-state index in [9.17, 15) is 13.2 Å². The molecule has 0 atom stereocenters. The molecular weight excluding hydrogens is 442 g/mol. The van der Waals surface area contributed by atoms with Gasteiger partial charge in [-0.25, -0.2) is 13.4 Å². The van der Waals surface area contributed by atoms with Crippen molar-refractivity contribution in [2.24, 2.45) is 0 Å². The number of carbonyl (C=O) groups excluding carboxylic acids is 1. The summed E-state index contributed by atoms with van der Waals surface area (Å²) in [5, 5.41) is 9.52. The van der Waals surface area contributed by atoms with Crippen LogP contribution in [-0.4, -0.2) is 70.6 Å². The molecule has 4 rings (SSSR count). The molecule has 8 nitrogen and oxygen atoms in total. The van der Waals surface area contributed by atoms with Gasteiger partial charge in [0.1, 0.15) is 0 Å². The minimum atomic E-state index is -3.53. The molecule has 30 heavy (non-hydrogen) atoms. The Kier molecular flexibility index (Phi) is 6.23. The second-order valence-electron chi connectivity index (χ2n) is 6.83. The zero-order valence-electron chi connectivity index (χ0n) is 16.3. The summed E-state index contributed by atoms with van der Waals surface area (Å²) in [7, 11) is -3.53. The lowest BCUT2D eigenvalue weighted by atomic mass is 10.2. The lowest BCUT2D eigenvalue weighted by Gasteiger charge is -2.34. The molecule has 0 spiro atoms. The Morgan fingerprint density at radius 3 is 2.57 bits per heavy atom. The highest BCUT2D eigenvalue weighted by molar-refractivity contribution is 7.99. The second-order valence-corrected chi connectivity index (χ2v) is 10.7. The van der Waals surface area contributed by atoms with Crippen molar-refractivity contribution >= 4 is 39.0 Å². The minimum Gasteiger partial charge on any atom is -0.339 e. The summed E-state index contributed by atoms with van der Waals surface area (Å²) in [6, 6.07) is 10.7. The molecule has 0 unspecified atom stereocenters. The van der Waals surface area contributed by atoms with Gasteiger partial charge in [-0.05, 0) is 30.5 Å². The largest absolute Gasteiger partial charge is 0.339 e. The van der Waals surface area contributed by atoms with Crippen LogP contribution in [0.2, 0.25) is 0 Å². The molecular formula is C19H21N5O3S3. The number of sulfonamides is 1. The number of hydrogen-bond acceptors (Lipinski definition) is 7. The van der Waals surface area contributed by atoms with E-state index in [4.69, 9.17) is 0 Å². The van der Waals surface area contributed by atoms with Gasteiger partial charge in [-0.1, -0.05) is 35.5 Å². The van der Waals surface area contributed by atoms with Crippen LogP contribution in [0.4, 0.5) is 0 Å². The molecule has 158 valence electrons. The number of piperazine rings is 1. The number of nitrogens with zero attached hydrogens (tertiary/aromatic N) is 4. The molecule has 0 saturated carbocycles. The van der Waals surface area contributed by atoms with Crippen LogP contribution < -0.4 is 0 Å². The predicted octanol–water partition coefficient (Wildman–Crippen LogP) is 2.47. The average molecular weight is 464 g/mol. The fraction of sp³-hybridized carbons (Fsp3) is 0.316. The Bertz CT molecular complexity index is 1100. The van der Waals surface area contributed by atoms with E-state index in [-0.39, 0.29) is 29.6 Å². The number of rotatable bonds is 6. The van der Waals surface area contributed by atoms with Gasteiger partial charge < -0.3 is 4.90 Å². The maximum absolute atomic E-state index is 12.8. The van der Waals surface area contributed by atoms with Crippen molar-refractivity contribution in [1.82, 2.24) is 24.4 Å². The number of nitrogens with one attached hydrogen (secondary N) is 1. The second kappa shape index (κ2) is 8.88. The smallest absolute Gasteiger partial charge is 0.243 e. The number of carbonyl (C=O) groups is 1. The molecule has 1 aliphatic heterocycles. The Morgan fingerprint density at radius 1 is 1.17 bits per heavy atom. The predicted molar refractivity (Wildman–Crippen MR) is 117 cm³/mol. The first-order valence-corrected chi connectivity index (χ1v) is 12.7. The van der Waals surface area contributed by atoms with Crippen LogP contribution in [0.1, 0.15) is 5.56 Å². The number of amides is 1. The third-order valence-electron chi connectivity index (χ3n) is 4.79. The van der Waals surface area contributed by atoms with Crippen LogP contribution >= 0.6 is 23.1 Å². The van der Waals surface area contributed by atoms with E-state index in [1.165, 1.54) is 16.1 Å². The van der Waals surface area contributed by atoms with Crippen molar-refractivity contribution in [3.63, 3.8) is 0 Å². The summed E-state index contributed by atoms with van der Waals surface area (Å²) < 4.78 is 27.0. The SMILES string of the molecule is Cc1ccc(S(=O)(=O)N2CCN(C(=O)CSc3n[nH]c(-c4cccs4)n3)CC2)cc1. The zero-order valence-corrected chi connectivity index (χ0v) is 18.8. The van der Waals surface area contributed by atoms with Gasteiger partial charge in [0.25, 0.3) is 0 Å². The molecule has 1 fully saturated rings. The van der Waals surface area contributed by atoms with Gasteiger partial charge in [0.15, 0.2) is 5.82 Å². The topological polar surface area (TPSA) is 99.3 Å².